The Morgan fingerprint density at radius 1 is 1.07 bits per heavy atom. The van der Waals surface area contributed by atoms with Gasteiger partial charge in [-0.05, 0) is 69.6 Å². The number of alkyl carbamates (subject to hydrolysis) is 1. The highest BCUT2D eigenvalue weighted by Crippen LogP contribution is 2.28. The van der Waals surface area contributed by atoms with E-state index in [1.54, 1.807) is 4.57 Å². The van der Waals surface area contributed by atoms with Gasteiger partial charge in [-0.1, -0.05) is 12.1 Å². The minimum absolute atomic E-state index is 0.339. The number of carbonyl (C=O) groups excluding carboxylic acids is 2. The predicted molar refractivity (Wildman–Crippen MR) is 109 cm³/mol. The molecule has 1 amide bonds. The SMILES string of the molecule is CC(C)(C)OC(=O)NCCc1cc2cccc(Br)c2n1C(=O)OC(C)(C)C. The molecule has 7 heteroatoms. The third-order valence-corrected chi connectivity index (χ3v) is 4.12. The summed E-state index contributed by atoms with van der Waals surface area (Å²) in [6, 6.07) is 7.66. The Morgan fingerprint density at radius 3 is 2.30 bits per heavy atom. The number of ether oxygens (including phenoxy) is 2. The third kappa shape index (κ3) is 5.99. The molecule has 1 N–H and O–H groups in total. The summed E-state index contributed by atoms with van der Waals surface area (Å²) in [7, 11) is 0. The molecule has 6 nitrogen and oxygen atoms in total. The Kier molecular flexibility index (Phi) is 6.24. The summed E-state index contributed by atoms with van der Waals surface area (Å²) in [5, 5.41) is 3.64. The summed E-state index contributed by atoms with van der Waals surface area (Å²) >= 11 is 3.52. The second kappa shape index (κ2) is 7.92. The first kappa shape index (κ1) is 21.3. The van der Waals surface area contributed by atoms with Crippen LogP contribution >= 0.6 is 15.9 Å². The van der Waals surface area contributed by atoms with Gasteiger partial charge < -0.3 is 14.8 Å². The lowest BCUT2D eigenvalue weighted by Crippen LogP contribution is -2.34. The topological polar surface area (TPSA) is 69.6 Å². The molecule has 1 aromatic heterocycles. The third-order valence-electron chi connectivity index (χ3n) is 3.48. The van der Waals surface area contributed by atoms with Crippen molar-refractivity contribution in [2.45, 2.75) is 59.2 Å². The lowest BCUT2D eigenvalue weighted by molar-refractivity contribution is 0.0528. The first-order chi connectivity index (χ1) is 12.4. The van der Waals surface area contributed by atoms with E-state index in [0.717, 1.165) is 21.1 Å². The zero-order chi connectivity index (χ0) is 20.4. The van der Waals surface area contributed by atoms with Gasteiger partial charge in [-0.25, -0.2) is 14.2 Å². The summed E-state index contributed by atoms with van der Waals surface area (Å²) < 4.78 is 13.2. The number of nitrogens with one attached hydrogen (secondary N) is 1. The van der Waals surface area contributed by atoms with Gasteiger partial charge in [-0.3, -0.25) is 0 Å². The predicted octanol–water partition coefficient (Wildman–Crippen LogP) is 5.25. The average molecular weight is 439 g/mol. The molecule has 0 atom stereocenters. The van der Waals surface area contributed by atoms with E-state index in [1.807, 2.05) is 65.8 Å². The van der Waals surface area contributed by atoms with Crippen molar-refractivity contribution in [1.82, 2.24) is 9.88 Å². The van der Waals surface area contributed by atoms with Crippen LogP contribution in [-0.2, 0) is 15.9 Å². The van der Waals surface area contributed by atoms with Gasteiger partial charge in [0.2, 0.25) is 0 Å². The fraction of sp³-hybridized carbons (Fsp3) is 0.500. The van der Waals surface area contributed by atoms with Crippen LogP contribution in [-0.4, -0.2) is 34.5 Å². The van der Waals surface area contributed by atoms with E-state index >= 15 is 0 Å². The molecule has 0 aliphatic carbocycles. The van der Waals surface area contributed by atoms with E-state index < -0.39 is 23.4 Å². The molecular weight excluding hydrogens is 412 g/mol. The minimum atomic E-state index is -0.610. The van der Waals surface area contributed by atoms with E-state index in [9.17, 15) is 9.59 Å². The molecule has 2 aromatic rings. The maximum Gasteiger partial charge on any atom is 0.419 e. The van der Waals surface area contributed by atoms with Gasteiger partial charge in [0.25, 0.3) is 0 Å². The van der Waals surface area contributed by atoms with Crippen LogP contribution in [0.4, 0.5) is 9.59 Å². The maximum atomic E-state index is 12.8. The zero-order valence-corrected chi connectivity index (χ0v) is 18.3. The first-order valence-corrected chi connectivity index (χ1v) is 9.66. The van der Waals surface area contributed by atoms with Crippen molar-refractivity contribution in [2.24, 2.45) is 0 Å². The number of hydrogen-bond donors (Lipinski definition) is 1. The van der Waals surface area contributed by atoms with Gasteiger partial charge in [0.05, 0.1) is 5.52 Å². The molecule has 1 aromatic carbocycles. The Hall–Kier alpha value is -2.02. The molecule has 0 unspecified atom stereocenters. The Balaban J connectivity index is 2.25. The maximum absolute atomic E-state index is 12.8. The monoisotopic (exact) mass is 438 g/mol. The number of amides is 1. The minimum Gasteiger partial charge on any atom is -0.444 e. The van der Waals surface area contributed by atoms with E-state index in [0.29, 0.717) is 13.0 Å². The smallest absolute Gasteiger partial charge is 0.419 e. The van der Waals surface area contributed by atoms with Gasteiger partial charge in [0.1, 0.15) is 11.2 Å². The number of nitrogens with zero attached hydrogens (tertiary/aromatic N) is 1. The van der Waals surface area contributed by atoms with Gasteiger partial charge >= 0.3 is 12.2 Å². The summed E-state index contributed by atoms with van der Waals surface area (Å²) in [5.74, 6) is 0. The first-order valence-electron chi connectivity index (χ1n) is 8.86. The summed E-state index contributed by atoms with van der Waals surface area (Å²) in [6.07, 6.45) is -0.472. The van der Waals surface area contributed by atoms with Crippen LogP contribution in [0.1, 0.15) is 47.2 Å². The number of aromatic nitrogens is 1. The van der Waals surface area contributed by atoms with Crippen LogP contribution in [0, 0.1) is 0 Å². The van der Waals surface area contributed by atoms with Gasteiger partial charge in [-0.15, -0.1) is 0 Å². The number of halogens is 1. The molecule has 2 rings (SSSR count). The van der Waals surface area contributed by atoms with Crippen LogP contribution in [0.25, 0.3) is 10.9 Å². The molecule has 0 bridgehead atoms. The molecule has 0 fully saturated rings. The highest BCUT2D eigenvalue weighted by molar-refractivity contribution is 9.10. The van der Waals surface area contributed by atoms with E-state index in [-0.39, 0.29) is 0 Å². The Morgan fingerprint density at radius 2 is 1.70 bits per heavy atom. The molecule has 0 saturated carbocycles. The van der Waals surface area contributed by atoms with Crippen LogP contribution in [0.3, 0.4) is 0 Å². The quantitative estimate of drug-likeness (QED) is 0.709. The zero-order valence-electron chi connectivity index (χ0n) is 16.7. The van der Waals surface area contributed by atoms with Crippen molar-refractivity contribution in [1.29, 1.82) is 0 Å². The number of benzene rings is 1. The van der Waals surface area contributed by atoms with Crippen molar-refractivity contribution >= 4 is 39.0 Å². The number of fused-ring (bicyclic) bond motifs is 1. The fourth-order valence-electron chi connectivity index (χ4n) is 2.58. The van der Waals surface area contributed by atoms with E-state index in [2.05, 4.69) is 21.2 Å². The lowest BCUT2D eigenvalue weighted by Gasteiger charge is -2.21. The Bertz CT molecular complexity index is 844. The van der Waals surface area contributed by atoms with Crippen LogP contribution in [0.15, 0.2) is 28.7 Å². The normalized spacial score (nSPS) is 12.1. The van der Waals surface area contributed by atoms with E-state index in [4.69, 9.17) is 9.47 Å². The molecule has 0 spiro atoms. The largest absolute Gasteiger partial charge is 0.444 e. The van der Waals surface area contributed by atoms with Crippen molar-refractivity contribution in [3.63, 3.8) is 0 Å². The number of rotatable bonds is 3. The molecule has 0 saturated heterocycles. The summed E-state index contributed by atoms with van der Waals surface area (Å²) in [4.78, 5) is 24.6. The van der Waals surface area contributed by atoms with Crippen LogP contribution < -0.4 is 5.32 Å². The highest BCUT2D eigenvalue weighted by Gasteiger charge is 2.23. The van der Waals surface area contributed by atoms with E-state index in [1.165, 1.54) is 0 Å². The average Bonchev–Trinajstić information content (AvgIpc) is 2.83. The van der Waals surface area contributed by atoms with Crippen molar-refractivity contribution in [3.05, 3.63) is 34.4 Å². The second-order valence-electron chi connectivity index (χ2n) is 8.31. The van der Waals surface area contributed by atoms with Crippen LogP contribution in [0.5, 0.6) is 0 Å². The van der Waals surface area contributed by atoms with Gasteiger partial charge in [-0.2, -0.15) is 0 Å². The summed E-state index contributed by atoms with van der Waals surface area (Å²) in [5.41, 5.74) is 0.336. The molecule has 0 aliphatic heterocycles. The molecule has 148 valence electrons. The molecule has 0 radical (unpaired) electrons. The Labute approximate surface area is 168 Å². The van der Waals surface area contributed by atoms with Crippen LogP contribution in [0.2, 0.25) is 0 Å². The lowest BCUT2D eigenvalue weighted by atomic mass is 10.2. The van der Waals surface area contributed by atoms with Crippen molar-refractivity contribution < 1.29 is 19.1 Å². The van der Waals surface area contributed by atoms with Crippen molar-refractivity contribution in [3.8, 4) is 0 Å². The van der Waals surface area contributed by atoms with Gasteiger partial charge in [0, 0.05) is 28.5 Å². The molecular formula is C20H27BrN2O4. The van der Waals surface area contributed by atoms with Crippen molar-refractivity contribution in [2.75, 3.05) is 6.54 Å². The summed E-state index contributed by atoms with van der Waals surface area (Å²) in [6.45, 7) is 11.3. The highest BCUT2D eigenvalue weighted by atomic mass is 79.9. The second-order valence-corrected chi connectivity index (χ2v) is 9.16. The van der Waals surface area contributed by atoms with Gasteiger partial charge in [0.15, 0.2) is 0 Å². The standard InChI is InChI=1S/C20H27BrN2O4/c1-19(2,3)26-17(24)22-11-10-14-12-13-8-7-9-15(21)16(13)23(14)18(25)27-20(4,5)6/h7-9,12H,10-11H2,1-6H3,(H,22,24). The number of carbonyl (C=O) groups is 2. The molecule has 1 heterocycles. The molecule has 27 heavy (non-hydrogen) atoms. The fourth-order valence-corrected chi connectivity index (χ4v) is 3.14. The molecule has 0 aliphatic rings. The number of para-hydroxylation sites is 1. The number of hydrogen-bond acceptors (Lipinski definition) is 4.